The fourth-order valence-electron chi connectivity index (χ4n) is 0.314. The van der Waals surface area contributed by atoms with Crippen molar-refractivity contribution < 1.29 is 8.42 Å². The summed E-state index contributed by atoms with van der Waals surface area (Å²) in [5.74, 6) is -0.158. The molecule has 0 radical (unpaired) electrons. The van der Waals surface area contributed by atoms with Crippen LogP contribution in [0.4, 0.5) is 0 Å². The predicted octanol–water partition coefficient (Wildman–Crippen LogP) is -0.0978. The Morgan fingerprint density at radius 2 is 2.12 bits per heavy atom. The van der Waals surface area contributed by atoms with Gasteiger partial charge in [0, 0.05) is 16.7 Å². The van der Waals surface area contributed by atoms with Crippen molar-refractivity contribution in [2.24, 2.45) is 5.73 Å². The fraction of sp³-hybridized carbons (Fsp3) is 1.00. The summed E-state index contributed by atoms with van der Waals surface area (Å²) in [6, 6.07) is -0.377. The van der Waals surface area contributed by atoms with E-state index in [4.69, 9.17) is 16.4 Å². The predicted molar refractivity (Wildman–Crippen MR) is 33.3 cm³/mol. The van der Waals surface area contributed by atoms with Crippen molar-refractivity contribution in [2.75, 3.05) is 5.75 Å². The molecule has 3 nitrogen and oxygen atoms in total. The second kappa shape index (κ2) is 2.66. The van der Waals surface area contributed by atoms with Gasteiger partial charge < -0.3 is 5.73 Å². The normalized spacial score (nSPS) is 15.9. The molecular weight excluding hydrogens is 150 g/mol. The molecule has 0 aromatic rings. The third kappa shape index (κ3) is 6.20. The summed E-state index contributed by atoms with van der Waals surface area (Å²) in [6.45, 7) is 1.58. The van der Waals surface area contributed by atoms with Gasteiger partial charge in [-0.3, -0.25) is 0 Å². The molecule has 1 unspecified atom stereocenters. The Hall–Kier alpha value is 0.200. The molecule has 0 aliphatic carbocycles. The van der Waals surface area contributed by atoms with Crippen LogP contribution in [0.5, 0.6) is 0 Å². The SMILES string of the molecule is CC(N)CS(=O)(=O)Cl. The molecule has 0 heterocycles. The molecule has 5 heteroatoms. The first-order chi connectivity index (χ1) is 3.42. The van der Waals surface area contributed by atoms with Crippen molar-refractivity contribution in [3.05, 3.63) is 0 Å². The van der Waals surface area contributed by atoms with Crippen LogP contribution in [0.25, 0.3) is 0 Å². The van der Waals surface area contributed by atoms with E-state index in [0.29, 0.717) is 0 Å². The summed E-state index contributed by atoms with van der Waals surface area (Å²) < 4.78 is 20.3. The Labute approximate surface area is 53.2 Å². The fourth-order valence-corrected chi connectivity index (χ4v) is 1.54. The lowest BCUT2D eigenvalue weighted by atomic mass is 10.4. The van der Waals surface area contributed by atoms with Crippen LogP contribution >= 0.6 is 10.7 Å². The van der Waals surface area contributed by atoms with E-state index in [2.05, 4.69) is 0 Å². The molecular formula is C3H8ClNO2S. The smallest absolute Gasteiger partial charge is 0.234 e. The van der Waals surface area contributed by atoms with Gasteiger partial charge in [-0.1, -0.05) is 0 Å². The number of nitrogens with two attached hydrogens (primary N) is 1. The van der Waals surface area contributed by atoms with Crippen molar-refractivity contribution in [3.8, 4) is 0 Å². The van der Waals surface area contributed by atoms with Gasteiger partial charge in [0.25, 0.3) is 0 Å². The zero-order valence-corrected chi connectivity index (χ0v) is 6.04. The summed E-state index contributed by atoms with van der Waals surface area (Å²) >= 11 is 0. The molecule has 8 heavy (non-hydrogen) atoms. The molecule has 1 atom stereocenters. The largest absolute Gasteiger partial charge is 0.327 e. The summed E-state index contributed by atoms with van der Waals surface area (Å²) in [4.78, 5) is 0. The summed E-state index contributed by atoms with van der Waals surface area (Å²) in [5.41, 5.74) is 5.11. The van der Waals surface area contributed by atoms with Crippen LogP contribution in [-0.4, -0.2) is 20.2 Å². The van der Waals surface area contributed by atoms with Crippen molar-refractivity contribution >= 4 is 19.7 Å². The minimum Gasteiger partial charge on any atom is -0.327 e. The van der Waals surface area contributed by atoms with E-state index in [0.717, 1.165) is 0 Å². The maximum atomic E-state index is 10.1. The van der Waals surface area contributed by atoms with Gasteiger partial charge in [-0.2, -0.15) is 0 Å². The number of hydrogen-bond acceptors (Lipinski definition) is 3. The average Bonchev–Trinajstić information content (AvgIpc) is 1.21. The van der Waals surface area contributed by atoms with Gasteiger partial charge in [0.15, 0.2) is 0 Å². The monoisotopic (exact) mass is 157 g/mol. The maximum absolute atomic E-state index is 10.1. The molecule has 0 aliphatic heterocycles. The van der Waals surface area contributed by atoms with Crippen molar-refractivity contribution in [3.63, 3.8) is 0 Å². The lowest BCUT2D eigenvalue weighted by molar-refractivity contribution is 0.604. The van der Waals surface area contributed by atoms with E-state index in [1.54, 1.807) is 6.92 Å². The lowest BCUT2D eigenvalue weighted by Crippen LogP contribution is -2.23. The summed E-state index contributed by atoms with van der Waals surface area (Å²) in [7, 11) is 1.44. The highest BCUT2D eigenvalue weighted by Crippen LogP contribution is 1.96. The molecule has 0 aromatic carbocycles. The lowest BCUT2D eigenvalue weighted by Gasteiger charge is -1.97. The van der Waals surface area contributed by atoms with Crippen LogP contribution in [0.1, 0.15) is 6.92 Å². The third-order valence-corrected chi connectivity index (χ3v) is 1.76. The van der Waals surface area contributed by atoms with Gasteiger partial charge in [0.05, 0.1) is 5.75 Å². The molecule has 0 saturated heterocycles. The Kier molecular flexibility index (Phi) is 2.73. The first kappa shape index (κ1) is 8.20. The zero-order valence-electron chi connectivity index (χ0n) is 4.46. The summed E-state index contributed by atoms with van der Waals surface area (Å²) in [6.07, 6.45) is 0. The minimum absolute atomic E-state index is 0.158. The van der Waals surface area contributed by atoms with Crippen LogP contribution in [0, 0.1) is 0 Å². The van der Waals surface area contributed by atoms with Crippen LogP contribution in [-0.2, 0) is 9.05 Å². The molecule has 2 N–H and O–H groups in total. The van der Waals surface area contributed by atoms with E-state index in [9.17, 15) is 8.42 Å². The van der Waals surface area contributed by atoms with E-state index in [-0.39, 0.29) is 11.8 Å². The van der Waals surface area contributed by atoms with Gasteiger partial charge in [0.1, 0.15) is 0 Å². The van der Waals surface area contributed by atoms with Gasteiger partial charge >= 0.3 is 0 Å². The van der Waals surface area contributed by atoms with E-state index < -0.39 is 9.05 Å². The average molecular weight is 158 g/mol. The second-order valence-corrected chi connectivity index (χ2v) is 4.50. The Bertz CT molecular complexity index is 151. The Balaban J connectivity index is 3.75. The van der Waals surface area contributed by atoms with E-state index in [1.165, 1.54) is 0 Å². The van der Waals surface area contributed by atoms with Crippen molar-refractivity contribution in [2.45, 2.75) is 13.0 Å². The van der Waals surface area contributed by atoms with Crippen LogP contribution in [0.2, 0.25) is 0 Å². The quantitative estimate of drug-likeness (QED) is 0.570. The highest BCUT2D eigenvalue weighted by molar-refractivity contribution is 8.13. The molecule has 0 rings (SSSR count). The van der Waals surface area contributed by atoms with E-state index >= 15 is 0 Å². The van der Waals surface area contributed by atoms with Crippen molar-refractivity contribution in [1.29, 1.82) is 0 Å². The molecule has 0 saturated carbocycles. The second-order valence-electron chi connectivity index (χ2n) is 1.68. The van der Waals surface area contributed by atoms with Gasteiger partial charge in [0.2, 0.25) is 9.05 Å². The van der Waals surface area contributed by atoms with Gasteiger partial charge in [-0.05, 0) is 6.92 Å². The van der Waals surface area contributed by atoms with Crippen LogP contribution < -0.4 is 5.73 Å². The Morgan fingerprint density at radius 1 is 1.75 bits per heavy atom. The van der Waals surface area contributed by atoms with Gasteiger partial charge in [-0.25, -0.2) is 8.42 Å². The zero-order chi connectivity index (χ0) is 6.78. The number of rotatable bonds is 2. The number of halogens is 1. The van der Waals surface area contributed by atoms with Crippen LogP contribution in [0.15, 0.2) is 0 Å². The highest BCUT2D eigenvalue weighted by Gasteiger charge is 2.06. The van der Waals surface area contributed by atoms with Crippen LogP contribution in [0.3, 0.4) is 0 Å². The van der Waals surface area contributed by atoms with E-state index in [1.807, 2.05) is 0 Å². The third-order valence-electron chi connectivity index (χ3n) is 0.462. The standard InChI is InChI=1S/C3H8ClNO2S/c1-3(5)2-8(4,6)7/h3H,2,5H2,1H3. The molecule has 0 fully saturated rings. The number of hydrogen-bond donors (Lipinski definition) is 1. The Morgan fingerprint density at radius 3 is 2.12 bits per heavy atom. The highest BCUT2D eigenvalue weighted by atomic mass is 35.7. The first-order valence-corrected chi connectivity index (χ1v) is 4.57. The topological polar surface area (TPSA) is 60.2 Å². The van der Waals surface area contributed by atoms with Gasteiger partial charge in [-0.15, -0.1) is 0 Å². The molecule has 0 bridgehead atoms. The molecule has 0 amide bonds. The molecule has 0 spiro atoms. The molecule has 0 aliphatic rings. The molecule has 50 valence electrons. The summed E-state index contributed by atoms with van der Waals surface area (Å²) in [5, 5.41) is 0. The van der Waals surface area contributed by atoms with Crippen molar-refractivity contribution in [1.82, 2.24) is 0 Å². The molecule has 0 aromatic heterocycles. The first-order valence-electron chi connectivity index (χ1n) is 2.10. The maximum Gasteiger partial charge on any atom is 0.234 e. The minimum atomic E-state index is -3.38.